The van der Waals surface area contributed by atoms with Crippen molar-refractivity contribution in [3.05, 3.63) is 74.6 Å². The van der Waals surface area contributed by atoms with E-state index >= 15 is 0 Å². The molecule has 0 saturated carbocycles. The van der Waals surface area contributed by atoms with Crippen LogP contribution >= 0.6 is 11.6 Å². The van der Waals surface area contributed by atoms with E-state index in [1.54, 1.807) is 43.3 Å². The van der Waals surface area contributed by atoms with Crippen molar-refractivity contribution in [2.75, 3.05) is 0 Å². The number of halogens is 1. The number of ether oxygens (including phenoxy) is 1. The SMILES string of the molecule is C[C@@H](Oc1cc2oc(=O)c3c(c2cc1Cl)CCCC3)C(=O)c1ccccc1. The fourth-order valence-corrected chi connectivity index (χ4v) is 3.82. The van der Waals surface area contributed by atoms with Crippen LogP contribution in [0.3, 0.4) is 0 Å². The van der Waals surface area contributed by atoms with Gasteiger partial charge < -0.3 is 9.15 Å². The molecule has 0 aliphatic heterocycles. The fraction of sp³-hybridized carbons (Fsp3) is 0.273. The Morgan fingerprint density at radius 2 is 1.81 bits per heavy atom. The number of fused-ring (bicyclic) bond motifs is 3. The van der Waals surface area contributed by atoms with E-state index in [2.05, 4.69) is 0 Å². The maximum atomic E-state index is 12.5. The first-order chi connectivity index (χ1) is 13.0. The van der Waals surface area contributed by atoms with Crippen LogP contribution in [-0.4, -0.2) is 11.9 Å². The minimum absolute atomic E-state index is 0.140. The summed E-state index contributed by atoms with van der Waals surface area (Å²) in [5, 5.41) is 1.25. The lowest BCUT2D eigenvalue weighted by Crippen LogP contribution is -2.24. The van der Waals surface area contributed by atoms with Crippen molar-refractivity contribution in [1.29, 1.82) is 0 Å². The van der Waals surface area contributed by atoms with Gasteiger partial charge in [0.2, 0.25) is 5.78 Å². The molecule has 1 atom stereocenters. The minimum Gasteiger partial charge on any atom is -0.481 e. The first kappa shape index (κ1) is 17.8. The molecule has 0 amide bonds. The largest absolute Gasteiger partial charge is 0.481 e. The van der Waals surface area contributed by atoms with Crippen molar-refractivity contribution in [3.63, 3.8) is 0 Å². The second-order valence-electron chi connectivity index (χ2n) is 6.82. The molecule has 4 nitrogen and oxygen atoms in total. The minimum atomic E-state index is -0.716. The molecule has 5 heteroatoms. The topological polar surface area (TPSA) is 56.5 Å². The van der Waals surface area contributed by atoms with E-state index < -0.39 is 6.10 Å². The summed E-state index contributed by atoms with van der Waals surface area (Å²) < 4.78 is 11.3. The van der Waals surface area contributed by atoms with E-state index in [1.807, 2.05) is 6.07 Å². The number of carbonyl (C=O) groups is 1. The Kier molecular flexibility index (Phi) is 4.75. The maximum Gasteiger partial charge on any atom is 0.339 e. The Morgan fingerprint density at radius 3 is 2.56 bits per heavy atom. The van der Waals surface area contributed by atoms with Gasteiger partial charge in [0.05, 0.1) is 5.02 Å². The van der Waals surface area contributed by atoms with Crippen LogP contribution in [0.4, 0.5) is 0 Å². The quantitative estimate of drug-likeness (QED) is 0.472. The first-order valence-corrected chi connectivity index (χ1v) is 9.46. The van der Waals surface area contributed by atoms with Gasteiger partial charge in [0.15, 0.2) is 6.10 Å². The summed E-state index contributed by atoms with van der Waals surface area (Å²) in [4.78, 5) is 24.8. The van der Waals surface area contributed by atoms with Gasteiger partial charge in [-0.2, -0.15) is 0 Å². The van der Waals surface area contributed by atoms with Gasteiger partial charge in [0.25, 0.3) is 0 Å². The van der Waals surface area contributed by atoms with E-state index in [0.717, 1.165) is 42.2 Å². The zero-order valence-corrected chi connectivity index (χ0v) is 15.7. The normalized spacial score (nSPS) is 14.6. The fourth-order valence-electron chi connectivity index (χ4n) is 3.62. The van der Waals surface area contributed by atoms with Crippen LogP contribution in [0.1, 0.15) is 41.3 Å². The smallest absolute Gasteiger partial charge is 0.339 e. The lowest BCUT2D eigenvalue weighted by Gasteiger charge is -2.18. The van der Waals surface area contributed by atoms with Gasteiger partial charge in [0.1, 0.15) is 11.3 Å². The van der Waals surface area contributed by atoms with Crippen LogP contribution in [-0.2, 0) is 12.8 Å². The Labute approximate surface area is 161 Å². The molecule has 0 fully saturated rings. The number of benzene rings is 2. The summed E-state index contributed by atoms with van der Waals surface area (Å²) in [5.41, 5.74) is 2.50. The molecule has 0 radical (unpaired) electrons. The van der Waals surface area contributed by atoms with Crippen LogP contribution in [0.15, 0.2) is 51.7 Å². The third-order valence-corrected chi connectivity index (χ3v) is 5.30. The maximum absolute atomic E-state index is 12.5. The zero-order chi connectivity index (χ0) is 19.0. The molecule has 4 rings (SSSR count). The van der Waals surface area contributed by atoms with Gasteiger partial charge in [-0.25, -0.2) is 4.79 Å². The summed E-state index contributed by atoms with van der Waals surface area (Å²) in [7, 11) is 0. The van der Waals surface area contributed by atoms with E-state index in [9.17, 15) is 9.59 Å². The highest BCUT2D eigenvalue weighted by molar-refractivity contribution is 6.32. The lowest BCUT2D eigenvalue weighted by molar-refractivity contribution is 0.0818. The van der Waals surface area contributed by atoms with Crippen LogP contribution in [0.2, 0.25) is 5.02 Å². The average Bonchev–Trinajstić information content (AvgIpc) is 2.69. The van der Waals surface area contributed by atoms with Crippen molar-refractivity contribution < 1.29 is 13.9 Å². The van der Waals surface area contributed by atoms with Gasteiger partial charge in [-0.15, -0.1) is 0 Å². The summed E-state index contributed by atoms with van der Waals surface area (Å²) in [6.45, 7) is 1.68. The Morgan fingerprint density at radius 1 is 1.11 bits per heavy atom. The monoisotopic (exact) mass is 382 g/mol. The molecule has 0 unspecified atom stereocenters. The number of ketones is 1. The number of carbonyl (C=O) groups excluding carboxylic acids is 1. The molecule has 0 N–H and O–H groups in total. The van der Waals surface area contributed by atoms with Gasteiger partial charge in [-0.05, 0) is 44.2 Å². The molecule has 0 bridgehead atoms. The van der Waals surface area contributed by atoms with Crippen LogP contribution in [0.25, 0.3) is 11.0 Å². The van der Waals surface area contributed by atoms with E-state index in [1.165, 1.54) is 0 Å². The predicted molar refractivity (Wildman–Crippen MR) is 105 cm³/mol. The molecule has 138 valence electrons. The van der Waals surface area contributed by atoms with Gasteiger partial charge in [-0.3, -0.25) is 4.79 Å². The van der Waals surface area contributed by atoms with Crippen molar-refractivity contribution in [2.45, 2.75) is 38.7 Å². The van der Waals surface area contributed by atoms with Crippen LogP contribution in [0.5, 0.6) is 5.75 Å². The molecule has 1 aliphatic carbocycles. The molecule has 0 spiro atoms. The highest BCUT2D eigenvalue weighted by Crippen LogP contribution is 2.34. The predicted octanol–water partition coefficient (Wildman–Crippen LogP) is 4.98. The second-order valence-corrected chi connectivity index (χ2v) is 7.23. The molecule has 1 aromatic heterocycles. The van der Waals surface area contributed by atoms with Crippen molar-refractivity contribution in [1.82, 2.24) is 0 Å². The van der Waals surface area contributed by atoms with Crippen LogP contribution < -0.4 is 10.4 Å². The molecule has 1 heterocycles. The van der Waals surface area contributed by atoms with Crippen LogP contribution in [0, 0.1) is 0 Å². The number of hydrogen-bond donors (Lipinski definition) is 0. The molecule has 1 aliphatic rings. The Hall–Kier alpha value is -2.59. The summed E-state index contributed by atoms with van der Waals surface area (Å²) in [5.74, 6) is 0.193. The Balaban J connectivity index is 1.69. The average molecular weight is 383 g/mol. The summed E-state index contributed by atoms with van der Waals surface area (Å²) in [6.07, 6.45) is 2.91. The van der Waals surface area contributed by atoms with Crippen molar-refractivity contribution in [3.8, 4) is 5.75 Å². The Bertz CT molecular complexity index is 1070. The third-order valence-electron chi connectivity index (χ3n) is 5.01. The molecular weight excluding hydrogens is 364 g/mol. The van der Waals surface area contributed by atoms with E-state index in [4.69, 9.17) is 20.8 Å². The third kappa shape index (κ3) is 3.37. The standard InChI is InChI=1S/C22H19ClO4/c1-13(21(24)14-7-3-2-4-8-14)26-20-12-19-17(11-18(20)23)15-9-5-6-10-16(15)22(25)27-19/h2-4,7-8,11-13H,5-6,9-10H2,1H3/t13-/m1/s1. The highest BCUT2D eigenvalue weighted by atomic mass is 35.5. The van der Waals surface area contributed by atoms with E-state index in [-0.39, 0.29) is 11.4 Å². The van der Waals surface area contributed by atoms with Gasteiger partial charge in [0, 0.05) is 22.6 Å². The summed E-state index contributed by atoms with van der Waals surface area (Å²) >= 11 is 6.42. The first-order valence-electron chi connectivity index (χ1n) is 9.08. The molecular formula is C22H19ClO4. The van der Waals surface area contributed by atoms with Crippen molar-refractivity contribution in [2.24, 2.45) is 0 Å². The van der Waals surface area contributed by atoms with Gasteiger partial charge >= 0.3 is 5.63 Å². The molecule has 0 saturated heterocycles. The summed E-state index contributed by atoms with van der Waals surface area (Å²) in [6, 6.07) is 12.3. The number of hydrogen-bond acceptors (Lipinski definition) is 4. The lowest BCUT2D eigenvalue weighted by atomic mass is 9.90. The second kappa shape index (κ2) is 7.20. The number of aryl methyl sites for hydroxylation is 1. The number of rotatable bonds is 4. The molecule has 3 aromatic rings. The van der Waals surface area contributed by atoms with E-state index in [0.29, 0.717) is 21.9 Å². The van der Waals surface area contributed by atoms with Crippen molar-refractivity contribution >= 4 is 28.4 Å². The molecule has 2 aromatic carbocycles. The number of Topliss-reactive ketones (excluding diaryl/α,β-unsaturated/α-hetero) is 1. The highest BCUT2D eigenvalue weighted by Gasteiger charge is 2.22. The van der Waals surface area contributed by atoms with Gasteiger partial charge in [-0.1, -0.05) is 41.9 Å². The molecule has 27 heavy (non-hydrogen) atoms. The zero-order valence-electron chi connectivity index (χ0n) is 15.0.